The van der Waals surface area contributed by atoms with Crippen LogP contribution in [-0.4, -0.2) is 48.1 Å². The zero-order valence-electron chi connectivity index (χ0n) is 19.2. The van der Waals surface area contributed by atoms with Gasteiger partial charge in [0, 0.05) is 23.4 Å². The van der Waals surface area contributed by atoms with Crippen LogP contribution in [0, 0.1) is 11.8 Å². The summed E-state index contributed by atoms with van der Waals surface area (Å²) in [6, 6.07) is 13.4. The highest BCUT2D eigenvalue weighted by atomic mass is 16.5. The number of aromatic nitrogens is 1. The molecular weight excluding hydrogens is 416 g/mol. The number of phenolic OH excluding ortho intramolecular Hbond substituents is 1. The van der Waals surface area contributed by atoms with Crippen molar-refractivity contribution in [3.05, 3.63) is 59.3 Å². The van der Waals surface area contributed by atoms with Gasteiger partial charge in [0.25, 0.3) is 0 Å². The number of methoxy groups -OCH3 is 2. The molecule has 1 aliphatic carbocycles. The number of para-hydroxylation sites is 1. The third kappa shape index (κ3) is 4.27. The Balaban J connectivity index is 1.18. The number of Topliss-reactive ketones (excluding diaryl/α,β-unsaturated/α-hetero) is 1. The fraction of sp³-hybridized carbons (Fsp3) is 0.407. The average Bonchev–Trinajstić information content (AvgIpc) is 3.14. The molecular formula is C27H30N2O4. The molecule has 1 N–H and O–H groups in total. The molecule has 2 aromatic carbocycles. The van der Waals surface area contributed by atoms with Crippen LogP contribution in [0.25, 0.3) is 10.9 Å². The van der Waals surface area contributed by atoms with Crippen LogP contribution in [0.2, 0.25) is 0 Å². The van der Waals surface area contributed by atoms with E-state index in [0.29, 0.717) is 22.9 Å². The van der Waals surface area contributed by atoms with Crippen LogP contribution < -0.4 is 9.47 Å². The number of phenols is 1. The summed E-state index contributed by atoms with van der Waals surface area (Å²) in [5, 5.41) is 11.1. The molecule has 1 atom stereocenters. The van der Waals surface area contributed by atoms with E-state index >= 15 is 0 Å². The number of piperidine rings is 1. The molecule has 1 saturated heterocycles. The number of benzene rings is 2. The van der Waals surface area contributed by atoms with E-state index in [1.54, 1.807) is 20.3 Å². The fourth-order valence-corrected chi connectivity index (χ4v) is 5.36. The highest BCUT2D eigenvalue weighted by Crippen LogP contribution is 2.39. The lowest BCUT2D eigenvalue weighted by atomic mass is 9.85. The molecule has 1 aliphatic heterocycles. The van der Waals surface area contributed by atoms with Crippen LogP contribution in [0.15, 0.2) is 42.5 Å². The Morgan fingerprint density at radius 2 is 1.82 bits per heavy atom. The molecule has 6 heteroatoms. The van der Waals surface area contributed by atoms with Gasteiger partial charge in [0.15, 0.2) is 17.3 Å². The third-order valence-corrected chi connectivity index (χ3v) is 7.18. The summed E-state index contributed by atoms with van der Waals surface area (Å²) in [6.07, 6.45) is 3.91. The van der Waals surface area contributed by atoms with Gasteiger partial charge in [-0.3, -0.25) is 9.69 Å². The normalized spacial score (nSPS) is 19.1. The van der Waals surface area contributed by atoms with Gasteiger partial charge in [0.05, 0.1) is 19.9 Å². The summed E-state index contributed by atoms with van der Waals surface area (Å²) in [7, 11) is 3.23. The Labute approximate surface area is 194 Å². The van der Waals surface area contributed by atoms with Crippen LogP contribution in [0.4, 0.5) is 0 Å². The van der Waals surface area contributed by atoms with E-state index in [1.807, 2.05) is 36.4 Å². The summed E-state index contributed by atoms with van der Waals surface area (Å²) in [5.41, 5.74) is 3.51. The Kier molecular flexibility index (Phi) is 5.94. The van der Waals surface area contributed by atoms with Crippen molar-refractivity contribution >= 4 is 16.7 Å². The molecule has 0 saturated carbocycles. The molecule has 0 radical (unpaired) electrons. The minimum Gasteiger partial charge on any atom is -0.506 e. The summed E-state index contributed by atoms with van der Waals surface area (Å²) in [4.78, 5) is 20.1. The van der Waals surface area contributed by atoms with Crippen LogP contribution in [0.5, 0.6) is 17.2 Å². The number of ketones is 1. The maximum atomic E-state index is 13.0. The van der Waals surface area contributed by atoms with E-state index in [1.165, 1.54) is 0 Å². The summed E-state index contributed by atoms with van der Waals surface area (Å²) in [5.74, 6) is 2.39. The van der Waals surface area contributed by atoms with Gasteiger partial charge in [-0.2, -0.15) is 0 Å². The number of fused-ring (bicyclic) bond motifs is 2. The molecule has 5 rings (SSSR count). The number of nitrogens with zero attached hydrogens (tertiary/aromatic N) is 2. The van der Waals surface area contributed by atoms with E-state index in [0.717, 1.165) is 67.5 Å². The average molecular weight is 447 g/mol. The van der Waals surface area contributed by atoms with Crippen LogP contribution in [0.1, 0.15) is 40.9 Å². The molecule has 2 heterocycles. The number of carbonyl (C=O) groups is 1. The third-order valence-electron chi connectivity index (χ3n) is 7.18. The summed E-state index contributed by atoms with van der Waals surface area (Å²) >= 11 is 0. The van der Waals surface area contributed by atoms with Crippen molar-refractivity contribution in [2.45, 2.75) is 32.2 Å². The minimum absolute atomic E-state index is 0.0542. The van der Waals surface area contributed by atoms with Crippen molar-refractivity contribution in [3.63, 3.8) is 0 Å². The smallest absolute Gasteiger partial charge is 0.166 e. The maximum absolute atomic E-state index is 13.0. The van der Waals surface area contributed by atoms with Crippen molar-refractivity contribution in [3.8, 4) is 17.2 Å². The summed E-state index contributed by atoms with van der Waals surface area (Å²) < 4.78 is 10.8. The maximum Gasteiger partial charge on any atom is 0.166 e. The van der Waals surface area contributed by atoms with Gasteiger partial charge in [0.2, 0.25) is 0 Å². The second-order valence-corrected chi connectivity index (χ2v) is 9.24. The number of hydrogen-bond acceptors (Lipinski definition) is 6. The second kappa shape index (κ2) is 9.02. The zero-order valence-corrected chi connectivity index (χ0v) is 19.2. The van der Waals surface area contributed by atoms with Crippen LogP contribution >= 0.6 is 0 Å². The highest BCUT2D eigenvalue weighted by Gasteiger charge is 2.34. The first kappa shape index (κ1) is 21.7. The van der Waals surface area contributed by atoms with Gasteiger partial charge in [-0.25, -0.2) is 4.98 Å². The first-order valence-corrected chi connectivity index (χ1v) is 11.6. The van der Waals surface area contributed by atoms with Crippen LogP contribution in [-0.2, 0) is 13.0 Å². The van der Waals surface area contributed by atoms with Crippen molar-refractivity contribution in [2.24, 2.45) is 11.8 Å². The Morgan fingerprint density at radius 3 is 2.58 bits per heavy atom. The monoisotopic (exact) mass is 446 g/mol. The highest BCUT2D eigenvalue weighted by molar-refractivity contribution is 6.02. The number of rotatable bonds is 6. The standard InChI is InChI=1S/C27H30N2O4/c1-32-24-14-19-13-20(27(31)22(19)15-25(24)33-2)12-17-8-10-29(11-9-17)16-21-7-6-18-4-3-5-23(30)26(18)28-21/h3-7,14-15,17,20,30H,8-13,16H2,1-2H3. The number of likely N-dealkylation sites (tertiary alicyclic amines) is 1. The first-order valence-electron chi connectivity index (χ1n) is 11.6. The van der Waals surface area contributed by atoms with Gasteiger partial charge < -0.3 is 14.6 Å². The topological polar surface area (TPSA) is 71.9 Å². The van der Waals surface area contributed by atoms with E-state index in [9.17, 15) is 9.90 Å². The van der Waals surface area contributed by atoms with E-state index < -0.39 is 0 Å². The molecule has 1 fully saturated rings. The number of aromatic hydroxyl groups is 1. The second-order valence-electron chi connectivity index (χ2n) is 9.24. The van der Waals surface area contributed by atoms with Crippen molar-refractivity contribution in [2.75, 3.05) is 27.3 Å². The van der Waals surface area contributed by atoms with Crippen molar-refractivity contribution in [1.82, 2.24) is 9.88 Å². The number of ether oxygens (including phenoxy) is 2. The van der Waals surface area contributed by atoms with E-state index in [4.69, 9.17) is 9.47 Å². The number of hydrogen-bond donors (Lipinski definition) is 1. The van der Waals surface area contributed by atoms with Gasteiger partial charge >= 0.3 is 0 Å². The lowest BCUT2D eigenvalue weighted by molar-refractivity contribution is 0.0895. The van der Waals surface area contributed by atoms with E-state index in [2.05, 4.69) is 9.88 Å². The quantitative estimate of drug-likeness (QED) is 0.596. The van der Waals surface area contributed by atoms with Crippen molar-refractivity contribution in [1.29, 1.82) is 0 Å². The number of carbonyl (C=O) groups excluding carboxylic acids is 1. The predicted molar refractivity (Wildman–Crippen MR) is 127 cm³/mol. The minimum atomic E-state index is 0.0542. The molecule has 1 unspecified atom stereocenters. The molecule has 0 amide bonds. The lowest BCUT2D eigenvalue weighted by Gasteiger charge is -2.32. The molecule has 0 bridgehead atoms. The van der Waals surface area contributed by atoms with Crippen molar-refractivity contribution < 1.29 is 19.4 Å². The Bertz CT molecular complexity index is 1180. The Hall–Kier alpha value is -3.12. The summed E-state index contributed by atoms with van der Waals surface area (Å²) in [6.45, 7) is 2.78. The lowest BCUT2D eigenvalue weighted by Crippen LogP contribution is -2.34. The van der Waals surface area contributed by atoms with Gasteiger partial charge in [0.1, 0.15) is 11.3 Å². The molecule has 0 spiro atoms. The molecule has 33 heavy (non-hydrogen) atoms. The fourth-order valence-electron chi connectivity index (χ4n) is 5.36. The molecule has 3 aromatic rings. The molecule has 2 aliphatic rings. The van der Waals surface area contributed by atoms with Gasteiger partial charge in [-0.15, -0.1) is 0 Å². The molecule has 172 valence electrons. The largest absolute Gasteiger partial charge is 0.506 e. The predicted octanol–water partition coefficient (Wildman–Crippen LogP) is 4.61. The SMILES string of the molecule is COc1cc2c(cc1OC)C(=O)C(CC1CCN(Cc3ccc4cccc(O)c4n3)CC1)C2. The first-order chi connectivity index (χ1) is 16.1. The molecule has 6 nitrogen and oxygen atoms in total. The van der Waals surface area contributed by atoms with E-state index in [-0.39, 0.29) is 17.5 Å². The van der Waals surface area contributed by atoms with Crippen LogP contribution in [0.3, 0.4) is 0 Å². The molecule has 1 aromatic heterocycles. The van der Waals surface area contributed by atoms with Gasteiger partial charge in [-0.1, -0.05) is 18.2 Å². The Morgan fingerprint density at radius 1 is 1.06 bits per heavy atom. The zero-order chi connectivity index (χ0) is 22.9. The van der Waals surface area contributed by atoms with Gasteiger partial charge in [-0.05, 0) is 74.5 Å². The number of pyridine rings is 1.